The van der Waals surface area contributed by atoms with Crippen LogP contribution in [0.1, 0.15) is 43.1 Å². The number of nitrogens with zero attached hydrogens (tertiary/aromatic N) is 5. The van der Waals surface area contributed by atoms with E-state index in [4.69, 9.17) is 16.1 Å². The Hall–Kier alpha value is -1.43. The van der Waals surface area contributed by atoms with Crippen LogP contribution < -0.4 is 0 Å². The van der Waals surface area contributed by atoms with Gasteiger partial charge in [-0.2, -0.15) is 4.98 Å². The number of rotatable bonds is 5. The second-order valence-electron chi connectivity index (χ2n) is 3.81. The lowest BCUT2D eigenvalue weighted by molar-refractivity contribution is 0.359. The Morgan fingerprint density at radius 3 is 3.00 bits per heavy atom. The van der Waals surface area contributed by atoms with E-state index in [9.17, 15) is 0 Å². The standard InChI is InChI=1S/C10H14ClN5O/c1-3-4-9-12-10(17-14-9)6-16-5-8(7(2)11)13-15-16/h5,7H,3-4,6H2,1-2H3. The summed E-state index contributed by atoms with van der Waals surface area (Å²) in [5.74, 6) is 1.26. The van der Waals surface area contributed by atoms with Crippen LogP contribution in [0.2, 0.25) is 0 Å². The van der Waals surface area contributed by atoms with Gasteiger partial charge in [0.05, 0.1) is 11.6 Å². The fourth-order valence-electron chi connectivity index (χ4n) is 1.39. The zero-order valence-electron chi connectivity index (χ0n) is 9.80. The molecule has 0 bridgehead atoms. The first kappa shape index (κ1) is 12.0. The fraction of sp³-hybridized carbons (Fsp3) is 0.600. The highest BCUT2D eigenvalue weighted by atomic mass is 35.5. The lowest BCUT2D eigenvalue weighted by Crippen LogP contribution is -2.01. The average Bonchev–Trinajstić information content (AvgIpc) is 2.89. The largest absolute Gasteiger partial charge is 0.337 e. The van der Waals surface area contributed by atoms with Crippen molar-refractivity contribution in [2.45, 2.75) is 38.6 Å². The molecule has 2 heterocycles. The molecule has 0 aliphatic carbocycles. The smallest absolute Gasteiger partial charge is 0.248 e. The van der Waals surface area contributed by atoms with E-state index in [0.29, 0.717) is 12.4 Å². The van der Waals surface area contributed by atoms with Crippen LogP contribution in [0.3, 0.4) is 0 Å². The maximum absolute atomic E-state index is 5.90. The Balaban J connectivity index is 2.03. The van der Waals surface area contributed by atoms with Gasteiger partial charge < -0.3 is 4.52 Å². The Morgan fingerprint density at radius 1 is 1.53 bits per heavy atom. The highest BCUT2D eigenvalue weighted by Gasteiger charge is 2.10. The molecule has 92 valence electrons. The SMILES string of the molecule is CCCc1noc(Cn2cc(C(C)Cl)nn2)n1. The number of alkyl halides is 1. The zero-order chi connectivity index (χ0) is 12.3. The van der Waals surface area contributed by atoms with Crippen molar-refractivity contribution in [3.05, 3.63) is 23.6 Å². The third kappa shape index (κ3) is 3.03. The van der Waals surface area contributed by atoms with Crippen LogP contribution in [0.5, 0.6) is 0 Å². The number of hydrogen-bond acceptors (Lipinski definition) is 5. The van der Waals surface area contributed by atoms with Gasteiger partial charge in [0, 0.05) is 6.42 Å². The van der Waals surface area contributed by atoms with E-state index in [1.807, 2.05) is 6.92 Å². The van der Waals surface area contributed by atoms with Gasteiger partial charge in [0.25, 0.3) is 0 Å². The maximum atomic E-state index is 5.90. The van der Waals surface area contributed by atoms with E-state index in [-0.39, 0.29) is 5.38 Å². The third-order valence-electron chi connectivity index (χ3n) is 2.24. The summed E-state index contributed by atoms with van der Waals surface area (Å²) in [7, 11) is 0. The van der Waals surface area contributed by atoms with Gasteiger partial charge >= 0.3 is 0 Å². The maximum Gasteiger partial charge on any atom is 0.248 e. The third-order valence-corrected chi connectivity index (χ3v) is 2.47. The molecule has 6 nitrogen and oxygen atoms in total. The van der Waals surface area contributed by atoms with Crippen LogP contribution in [0.4, 0.5) is 0 Å². The molecule has 0 radical (unpaired) electrons. The highest BCUT2D eigenvalue weighted by molar-refractivity contribution is 6.20. The first-order valence-electron chi connectivity index (χ1n) is 5.54. The first-order chi connectivity index (χ1) is 8.19. The van der Waals surface area contributed by atoms with E-state index < -0.39 is 0 Å². The van der Waals surface area contributed by atoms with Crippen molar-refractivity contribution in [2.75, 3.05) is 0 Å². The van der Waals surface area contributed by atoms with Crippen LogP contribution in [-0.4, -0.2) is 25.1 Å². The second kappa shape index (κ2) is 5.27. The molecule has 0 fully saturated rings. The summed E-state index contributed by atoms with van der Waals surface area (Å²) in [6.45, 7) is 4.34. The molecule has 1 unspecified atom stereocenters. The molecule has 0 aliphatic heterocycles. The van der Waals surface area contributed by atoms with Crippen molar-refractivity contribution in [1.29, 1.82) is 0 Å². The van der Waals surface area contributed by atoms with E-state index in [2.05, 4.69) is 27.4 Å². The summed E-state index contributed by atoms with van der Waals surface area (Å²) in [5.41, 5.74) is 0.736. The van der Waals surface area contributed by atoms with Crippen LogP contribution >= 0.6 is 11.6 Å². The predicted molar refractivity (Wildman–Crippen MR) is 61.7 cm³/mol. The lowest BCUT2D eigenvalue weighted by atomic mass is 10.3. The summed E-state index contributed by atoms with van der Waals surface area (Å²) in [6, 6.07) is 0. The normalized spacial score (nSPS) is 12.9. The minimum atomic E-state index is -0.151. The summed E-state index contributed by atoms with van der Waals surface area (Å²) in [6.07, 6.45) is 3.60. The number of aryl methyl sites for hydroxylation is 1. The Kier molecular flexibility index (Phi) is 3.73. The average molecular weight is 256 g/mol. The van der Waals surface area contributed by atoms with Gasteiger partial charge in [0.1, 0.15) is 12.2 Å². The molecule has 0 amide bonds. The van der Waals surface area contributed by atoms with Crippen molar-refractivity contribution >= 4 is 11.6 Å². The number of aromatic nitrogens is 5. The van der Waals surface area contributed by atoms with Crippen LogP contribution in [0, 0.1) is 0 Å². The molecule has 0 saturated heterocycles. The lowest BCUT2D eigenvalue weighted by Gasteiger charge is -1.94. The summed E-state index contributed by atoms with van der Waals surface area (Å²) >= 11 is 5.90. The van der Waals surface area contributed by atoms with E-state index in [1.165, 1.54) is 0 Å². The minimum Gasteiger partial charge on any atom is -0.337 e. The molecule has 7 heteroatoms. The molecule has 17 heavy (non-hydrogen) atoms. The Labute approximate surface area is 104 Å². The number of halogens is 1. The van der Waals surface area contributed by atoms with Crippen molar-refractivity contribution < 1.29 is 4.52 Å². The summed E-state index contributed by atoms with van der Waals surface area (Å²) in [4.78, 5) is 4.25. The molecular weight excluding hydrogens is 242 g/mol. The van der Waals surface area contributed by atoms with Gasteiger partial charge in [-0.05, 0) is 13.3 Å². The molecule has 0 spiro atoms. The topological polar surface area (TPSA) is 69.6 Å². The van der Waals surface area contributed by atoms with Gasteiger partial charge in [-0.15, -0.1) is 16.7 Å². The highest BCUT2D eigenvalue weighted by Crippen LogP contribution is 2.15. The van der Waals surface area contributed by atoms with Gasteiger partial charge in [-0.1, -0.05) is 17.3 Å². The van der Waals surface area contributed by atoms with Crippen molar-refractivity contribution in [3.63, 3.8) is 0 Å². The Bertz CT molecular complexity index is 479. The molecule has 0 aromatic carbocycles. The molecule has 2 rings (SSSR count). The quantitative estimate of drug-likeness (QED) is 0.764. The van der Waals surface area contributed by atoms with Crippen LogP contribution in [0.15, 0.2) is 10.7 Å². The van der Waals surface area contributed by atoms with Crippen molar-refractivity contribution in [1.82, 2.24) is 25.1 Å². The summed E-state index contributed by atoms with van der Waals surface area (Å²) < 4.78 is 6.74. The molecule has 2 aromatic rings. The van der Waals surface area contributed by atoms with Gasteiger partial charge in [-0.3, -0.25) is 0 Å². The predicted octanol–water partition coefficient (Wildman–Crippen LogP) is 1.96. The molecule has 1 atom stereocenters. The Morgan fingerprint density at radius 2 is 2.35 bits per heavy atom. The summed E-state index contributed by atoms with van der Waals surface area (Å²) in [5, 5.41) is 11.6. The molecule has 2 aromatic heterocycles. The first-order valence-corrected chi connectivity index (χ1v) is 5.98. The van der Waals surface area contributed by atoms with Crippen LogP contribution in [0.25, 0.3) is 0 Å². The minimum absolute atomic E-state index is 0.151. The van der Waals surface area contributed by atoms with Gasteiger partial charge in [-0.25, -0.2) is 4.68 Å². The fourth-order valence-corrected chi connectivity index (χ4v) is 1.49. The molecular formula is C10H14ClN5O. The molecule has 0 saturated carbocycles. The zero-order valence-corrected chi connectivity index (χ0v) is 10.6. The van der Waals surface area contributed by atoms with Crippen LogP contribution in [-0.2, 0) is 13.0 Å². The monoisotopic (exact) mass is 255 g/mol. The molecule has 0 aliphatic rings. The molecule has 0 N–H and O–H groups in total. The van der Waals surface area contributed by atoms with Gasteiger partial charge in [0.15, 0.2) is 5.82 Å². The second-order valence-corrected chi connectivity index (χ2v) is 4.47. The number of hydrogen-bond donors (Lipinski definition) is 0. The van der Waals surface area contributed by atoms with E-state index in [0.717, 1.165) is 24.4 Å². The van der Waals surface area contributed by atoms with E-state index in [1.54, 1.807) is 10.9 Å². The van der Waals surface area contributed by atoms with Gasteiger partial charge in [0.2, 0.25) is 5.89 Å². The van der Waals surface area contributed by atoms with Crippen molar-refractivity contribution in [2.24, 2.45) is 0 Å². The van der Waals surface area contributed by atoms with E-state index >= 15 is 0 Å². The van der Waals surface area contributed by atoms with Crippen molar-refractivity contribution in [3.8, 4) is 0 Å².